The standard InChI is InChI=1S/C12H7N2O2P/c15-17(16)11-7-3-6-10-12(11)14-9-5-2-1-4-8(9)13-10/h1-7H. The topological polar surface area (TPSA) is 59.9 Å². The van der Waals surface area contributed by atoms with Crippen LogP contribution in [0.3, 0.4) is 0 Å². The van der Waals surface area contributed by atoms with Crippen molar-refractivity contribution in [1.82, 2.24) is 9.97 Å². The van der Waals surface area contributed by atoms with E-state index in [-0.39, 0.29) is 5.30 Å². The minimum absolute atomic E-state index is 0.218. The molecule has 0 amide bonds. The molecule has 0 fully saturated rings. The fourth-order valence-corrected chi connectivity index (χ4v) is 2.32. The van der Waals surface area contributed by atoms with Gasteiger partial charge >= 0.3 is 7.68 Å². The maximum absolute atomic E-state index is 11.1. The van der Waals surface area contributed by atoms with E-state index in [4.69, 9.17) is 0 Å². The maximum Gasteiger partial charge on any atom is 0.351 e. The minimum atomic E-state index is -2.65. The van der Waals surface area contributed by atoms with Gasteiger partial charge in [0.1, 0.15) is 10.8 Å². The Kier molecular flexibility index (Phi) is 2.23. The monoisotopic (exact) mass is 242 g/mol. The largest absolute Gasteiger partial charge is 0.351 e. The Hall–Kier alpha value is -2.06. The third-order valence-corrected chi connectivity index (χ3v) is 3.30. The first kappa shape index (κ1) is 10.1. The molecule has 5 heteroatoms. The summed E-state index contributed by atoms with van der Waals surface area (Å²) in [6.07, 6.45) is 0. The zero-order valence-corrected chi connectivity index (χ0v) is 9.59. The lowest BCUT2D eigenvalue weighted by Crippen LogP contribution is -1.99. The molecule has 0 saturated heterocycles. The van der Waals surface area contributed by atoms with Crippen LogP contribution < -0.4 is 5.30 Å². The van der Waals surface area contributed by atoms with Crippen LogP contribution in [0.15, 0.2) is 42.5 Å². The van der Waals surface area contributed by atoms with Gasteiger partial charge in [-0.3, -0.25) is 0 Å². The summed E-state index contributed by atoms with van der Waals surface area (Å²) in [4.78, 5) is 8.74. The van der Waals surface area contributed by atoms with Gasteiger partial charge in [-0.25, -0.2) is 19.1 Å². The molecule has 0 saturated carbocycles. The summed E-state index contributed by atoms with van der Waals surface area (Å²) in [5.74, 6) is 0. The summed E-state index contributed by atoms with van der Waals surface area (Å²) in [5.41, 5.74) is 2.49. The number of hydrogen-bond donors (Lipinski definition) is 0. The first-order valence-electron chi connectivity index (χ1n) is 5.05. The Labute approximate surface area is 97.1 Å². The highest BCUT2D eigenvalue weighted by atomic mass is 31.1. The molecule has 0 radical (unpaired) electrons. The van der Waals surface area contributed by atoms with Crippen molar-refractivity contribution in [1.29, 1.82) is 0 Å². The van der Waals surface area contributed by atoms with Gasteiger partial charge in [-0.15, -0.1) is 0 Å². The van der Waals surface area contributed by atoms with E-state index < -0.39 is 7.68 Å². The number of rotatable bonds is 1. The van der Waals surface area contributed by atoms with E-state index in [1.54, 1.807) is 12.1 Å². The Morgan fingerprint density at radius 1 is 0.765 bits per heavy atom. The number of benzene rings is 2. The average molecular weight is 242 g/mol. The second-order valence-corrected chi connectivity index (χ2v) is 4.61. The molecule has 1 heterocycles. The van der Waals surface area contributed by atoms with E-state index in [1.807, 2.05) is 24.3 Å². The number of para-hydroxylation sites is 3. The molecule has 0 atom stereocenters. The highest BCUT2D eigenvalue weighted by molar-refractivity contribution is 7.41. The zero-order valence-electron chi connectivity index (χ0n) is 8.70. The van der Waals surface area contributed by atoms with Gasteiger partial charge < -0.3 is 0 Å². The summed E-state index contributed by atoms with van der Waals surface area (Å²) in [6, 6.07) is 12.4. The summed E-state index contributed by atoms with van der Waals surface area (Å²) in [6.45, 7) is 0. The molecule has 4 nitrogen and oxygen atoms in total. The van der Waals surface area contributed by atoms with Gasteiger partial charge in [0.25, 0.3) is 0 Å². The molecule has 0 aliphatic heterocycles. The van der Waals surface area contributed by atoms with Crippen LogP contribution in [0, 0.1) is 0 Å². The lowest BCUT2D eigenvalue weighted by atomic mass is 10.2. The van der Waals surface area contributed by atoms with Crippen LogP contribution in [0.25, 0.3) is 22.1 Å². The molecule has 0 unspecified atom stereocenters. The van der Waals surface area contributed by atoms with Crippen molar-refractivity contribution < 1.29 is 9.13 Å². The molecule has 1 aromatic heterocycles. The van der Waals surface area contributed by atoms with E-state index >= 15 is 0 Å². The molecular weight excluding hydrogens is 235 g/mol. The Bertz CT molecular complexity index is 789. The smallest absolute Gasteiger partial charge is 0.244 e. The van der Waals surface area contributed by atoms with Crippen molar-refractivity contribution in [3.05, 3.63) is 42.5 Å². The van der Waals surface area contributed by atoms with Gasteiger partial charge in [0.05, 0.1) is 16.6 Å². The van der Waals surface area contributed by atoms with E-state index in [0.29, 0.717) is 16.6 Å². The van der Waals surface area contributed by atoms with E-state index in [0.717, 1.165) is 5.52 Å². The molecule has 0 aliphatic carbocycles. The minimum Gasteiger partial charge on any atom is -0.244 e. The van der Waals surface area contributed by atoms with Crippen molar-refractivity contribution in [2.75, 3.05) is 0 Å². The quantitative estimate of drug-likeness (QED) is 0.486. The second-order valence-electron chi connectivity index (χ2n) is 3.61. The fourth-order valence-electron chi connectivity index (χ4n) is 1.78. The zero-order chi connectivity index (χ0) is 11.8. The summed E-state index contributed by atoms with van der Waals surface area (Å²) < 4.78 is 22.2. The molecular formula is C12H7N2O2P. The maximum atomic E-state index is 11.1. The first-order valence-corrected chi connectivity index (χ1v) is 6.23. The van der Waals surface area contributed by atoms with E-state index in [9.17, 15) is 9.13 Å². The Morgan fingerprint density at radius 2 is 1.41 bits per heavy atom. The third-order valence-electron chi connectivity index (χ3n) is 2.55. The van der Waals surface area contributed by atoms with Crippen molar-refractivity contribution >= 4 is 35.1 Å². The predicted octanol–water partition coefficient (Wildman–Crippen LogP) is 2.58. The van der Waals surface area contributed by atoms with Crippen molar-refractivity contribution in [3.8, 4) is 0 Å². The summed E-state index contributed by atoms with van der Waals surface area (Å²) >= 11 is 0. The van der Waals surface area contributed by atoms with Crippen LogP contribution in [-0.4, -0.2) is 9.97 Å². The highest BCUT2D eigenvalue weighted by Gasteiger charge is 2.08. The molecule has 0 aliphatic rings. The fraction of sp³-hybridized carbons (Fsp3) is 0. The van der Waals surface area contributed by atoms with Crippen LogP contribution in [0.4, 0.5) is 0 Å². The van der Waals surface area contributed by atoms with Crippen LogP contribution in [-0.2, 0) is 9.13 Å². The molecule has 0 spiro atoms. The molecule has 82 valence electrons. The van der Waals surface area contributed by atoms with Crippen LogP contribution >= 0.6 is 7.68 Å². The van der Waals surface area contributed by atoms with Gasteiger partial charge in [0.2, 0.25) is 0 Å². The predicted molar refractivity (Wildman–Crippen MR) is 65.0 cm³/mol. The summed E-state index contributed by atoms with van der Waals surface area (Å²) in [5, 5.41) is 0.218. The Balaban J connectivity index is 2.52. The molecule has 2 aromatic carbocycles. The van der Waals surface area contributed by atoms with Crippen molar-refractivity contribution in [2.45, 2.75) is 0 Å². The number of nitrogens with zero attached hydrogens (tertiary/aromatic N) is 2. The normalized spacial score (nSPS) is 10.8. The molecule has 3 rings (SSSR count). The number of hydrogen-bond acceptors (Lipinski definition) is 4. The second kappa shape index (κ2) is 3.75. The van der Waals surface area contributed by atoms with Gasteiger partial charge in [-0.2, -0.15) is 0 Å². The summed E-state index contributed by atoms with van der Waals surface area (Å²) in [7, 11) is -2.65. The lowest BCUT2D eigenvalue weighted by molar-refractivity contribution is 0.523. The molecule has 0 N–H and O–H groups in total. The van der Waals surface area contributed by atoms with Crippen molar-refractivity contribution in [2.24, 2.45) is 0 Å². The number of fused-ring (bicyclic) bond motifs is 2. The van der Waals surface area contributed by atoms with Gasteiger partial charge in [-0.1, -0.05) is 18.2 Å². The van der Waals surface area contributed by atoms with Crippen molar-refractivity contribution in [3.63, 3.8) is 0 Å². The van der Waals surface area contributed by atoms with E-state index in [1.165, 1.54) is 6.07 Å². The molecule has 17 heavy (non-hydrogen) atoms. The van der Waals surface area contributed by atoms with E-state index in [2.05, 4.69) is 9.97 Å². The number of aromatic nitrogens is 2. The molecule has 3 aromatic rings. The van der Waals surface area contributed by atoms with Crippen LogP contribution in [0.5, 0.6) is 0 Å². The van der Waals surface area contributed by atoms with Crippen LogP contribution in [0.2, 0.25) is 0 Å². The Morgan fingerprint density at radius 3 is 2.12 bits per heavy atom. The average Bonchev–Trinajstić information content (AvgIpc) is 2.35. The first-order chi connectivity index (χ1) is 8.25. The lowest BCUT2D eigenvalue weighted by Gasteiger charge is -2.01. The third kappa shape index (κ3) is 1.63. The van der Waals surface area contributed by atoms with Crippen LogP contribution in [0.1, 0.15) is 0 Å². The van der Waals surface area contributed by atoms with Gasteiger partial charge in [-0.05, 0) is 24.3 Å². The van der Waals surface area contributed by atoms with Gasteiger partial charge in [0, 0.05) is 0 Å². The SMILES string of the molecule is O=P(=O)c1cccc2nc3ccccc3nc12. The highest BCUT2D eigenvalue weighted by Crippen LogP contribution is 2.18. The van der Waals surface area contributed by atoms with Gasteiger partial charge in [0.15, 0.2) is 0 Å². The molecule has 0 bridgehead atoms.